The third-order valence-corrected chi connectivity index (χ3v) is 4.30. The maximum Gasteiger partial charge on any atom is 0.225 e. The summed E-state index contributed by atoms with van der Waals surface area (Å²) >= 11 is 0. The average Bonchev–Trinajstić information content (AvgIpc) is 2.52. The number of piperidine rings is 1. The molecule has 116 valence electrons. The first kappa shape index (κ1) is 15.9. The number of hydrogen-bond donors (Lipinski definition) is 0. The van der Waals surface area contributed by atoms with Crippen molar-refractivity contribution in [3.05, 3.63) is 29.8 Å². The Morgan fingerprint density at radius 1 is 1.43 bits per heavy atom. The van der Waals surface area contributed by atoms with Crippen molar-refractivity contribution >= 4 is 5.91 Å². The molecule has 0 N–H and O–H groups in total. The number of carbonyl (C=O) groups excluding carboxylic acids is 1. The molecule has 21 heavy (non-hydrogen) atoms. The molecule has 1 aromatic carbocycles. The summed E-state index contributed by atoms with van der Waals surface area (Å²) < 4.78 is 5.27. The largest absolute Gasteiger partial charge is 0.497 e. The maximum atomic E-state index is 12.1. The minimum atomic E-state index is 0.113. The van der Waals surface area contributed by atoms with Crippen LogP contribution in [0.5, 0.6) is 5.75 Å². The van der Waals surface area contributed by atoms with Gasteiger partial charge < -0.3 is 9.64 Å². The summed E-state index contributed by atoms with van der Waals surface area (Å²) in [6.07, 6.45) is 4.59. The van der Waals surface area contributed by atoms with E-state index in [9.17, 15) is 4.79 Å². The second-order valence-electron chi connectivity index (χ2n) is 6.34. The maximum absolute atomic E-state index is 12.1. The van der Waals surface area contributed by atoms with Crippen LogP contribution in [-0.2, 0) is 11.2 Å². The molecular formula is C18H27NO2. The van der Waals surface area contributed by atoms with Crippen molar-refractivity contribution < 1.29 is 9.53 Å². The summed E-state index contributed by atoms with van der Waals surface area (Å²) in [5.74, 6) is 1.98. The Morgan fingerprint density at radius 3 is 2.95 bits per heavy atom. The van der Waals surface area contributed by atoms with Crippen molar-refractivity contribution in [3.8, 4) is 5.75 Å². The van der Waals surface area contributed by atoms with Crippen molar-refractivity contribution in [2.45, 2.75) is 39.5 Å². The molecule has 3 heteroatoms. The van der Waals surface area contributed by atoms with Crippen LogP contribution in [0, 0.1) is 11.8 Å². The summed E-state index contributed by atoms with van der Waals surface area (Å²) in [6.45, 7) is 5.85. The van der Waals surface area contributed by atoms with Gasteiger partial charge in [0, 0.05) is 19.0 Å². The summed E-state index contributed by atoms with van der Waals surface area (Å²) in [6, 6.07) is 8.29. The zero-order chi connectivity index (χ0) is 15.2. The number of methoxy groups -OCH3 is 1. The molecule has 0 aromatic heterocycles. The predicted octanol–water partition coefficient (Wildman–Crippen LogP) is 3.52. The van der Waals surface area contributed by atoms with Gasteiger partial charge in [-0.25, -0.2) is 0 Å². The molecule has 0 unspecified atom stereocenters. The second kappa shape index (κ2) is 7.48. The number of likely N-dealkylation sites (tertiary alicyclic amines) is 1. The van der Waals surface area contributed by atoms with Gasteiger partial charge in [0.2, 0.25) is 5.91 Å². The van der Waals surface area contributed by atoms with Gasteiger partial charge >= 0.3 is 0 Å². The number of rotatable bonds is 5. The molecule has 1 saturated heterocycles. The molecular weight excluding hydrogens is 262 g/mol. The quantitative estimate of drug-likeness (QED) is 0.830. The fraction of sp³-hybridized carbons (Fsp3) is 0.611. The van der Waals surface area contributed by atoms with Crippen LogP contribution in [0.4, 0.5) is 0 Å². The summed E-state index contributed by atoms with van der Waals surface area (Å²) in [5.41, 5.74) is 1.32. The number of carbonyl (C=O) groups is 1. The highest BCUT2D eigenvalue weighted by Gasteiger charge is 2.24. The lowest BCUT2D eigenvalue weighted by atomic mass is 9.91. The monoisotopic (exact) mass is 289 g/mol. The Kier molecular flexibility index (Phi) is 5.66. The van der Waals surface area contributed by atoms with E-state index in [2.05, 4.69) is 17.0 Å². The first-order valence-corrected chi connectivity index (χ1v) is 8.02. The number of aryl methyl sites for hydroxylation is 1. The molecule has 1 atom stereocenters. The Morgan fingerprint density at radius 2 is 2.24 bits per heavy atom. The molecule has 0 spiro atoms. The van der Waals surface area contributed by atoms with Crippen LogP contribution in [0.15, 0.2) is 24.3 Å². The van der Waals surface area contributed by atoms with Crippen LogP contribution in [0.3, 0.4) is 0 Å². The second-order valence-corrected chi connectivity index (χ2v) is 6.34. The summed E-state index contributed by atoms with van der Waals surface area (Å²) in [7, 11) is 1.70. The smallest absolute Gasteiger partial charge is 0.225 e. The molecule has 0 saturated carbocycles. The zero-order valence-electron chi connectivity index (χ0n) is 13.5. The molecule has 2 rings (SSSR count). The highest BCUT2D eigenvalue weighted by atomic mass is 16.5. The Bertz CT molecular complexity index is 470. The van der Waals surface area contributed by atoms with Crippen LogP contribution < -0.4 is 4.74 Å². The third kappa shape index (κ3) is 4.48. The van der Waals surface area contributed by atoms with E-state index in [1.165, 1.54) is 12.0 Å². The van der Waals surface area contributed by atoms with Crippen molar-refractivity contribution in [3.63, 3.8) is 0 Å². The Hall–Kier alpha value is -1.51. The van der Waals surface area contributed by atoms with Crippen LogP contribution in [0.1, 0.15) is 38.7 Å². The van der Waals surface area contributed by atoms with Gasteiger partial charge in [0.1, 0.15) is 5.75 Å². The van der Waals surface area contributed by atoms with Crippen LogP contribution in [-0.4, -0.2) is 31.0 Å². The molecule has 1 aromatic rings. The van der Waals surface area contributed by atoms with Gasteiger partial charge in [0.25, 0.3) is 0 Å². The standard InChI is InChI=1S/C18H27NO2/c1-14(2)18(20)19-11-5-7-16(13-19)10-9-15-6-4-8-17(12-15)21-3/h4,6,8,12,14,16H,5,7,9-11,13H2,1-3H3/t16-/m0/s1. The SMILES string of the molecule is COc1cccc(CC[C@@H]2CCCN(C(=O)C(C)C)C2)c1. The molecule has 0 radical (unpaired) electrons. The van der Waals surface area contributed by atoms with Crippen molar-refractivity contribution in [2.75, 3.05) is 20.2 Å². The van der Waals surface area contributed by atoms with Crippen LogP contribution in [0.25, 0.3) is 0 Å². The minimum Gasteiger partial charge on any atom is -0.497 e. The lowest BCUT2D eigenvalue weighted by Gasteiger charge is -2.34. The van der Waals surface area contributed by atoms with Crippen molar-refractivity contribution in [1.82, 2.24) is 4.90 Å². The molecule has 1 aliphatic heterocycles. The van der Waals surface area contributed by atoms with Gasteiger partial charge in [0.15, 0.2) is 0 Å². The zero-order valence-corrected chi connectivity index (χ0v) is 13.5. The Labute approximate surface area is 128 Å². The van der Waals surface area contributed by atoms with Crippen LogP contribution >= 0.6 is 0 Å². The molecule has 0 bridgehead atoms. The van der Waals surface area contributed by atoms with E-state index in [0.717, 1.165) is 38.1 Å². The Balaban J connectivity index is 1.86. The fourth-order valence-corrected chi connectivity index (χ4v) is 3.06. The number of ether oxygens (including phenoxy) is 1. The van der Waals surface area contributed by atoms with E-state index in [1.54, 1.807) is 7.11 Å². The molecule has 1 aliphatic rings. The molecule has 1 heterocycles. The van der Waals surface area contributed by atoms with E-state index < -0.39 is 0 Å². The van der Waals surface area contributed by atoms with Gasteiger partial charge in [-0.05, 0) is 49.3 Å². The number of nitrogens with zero attached hydrogens (tertiary/aromatic N) is 1. The minimum absolute atomic E-state index is 0.113. The molecule has 1 fully saturated rings. The van der Waals surface area contributed by atoms with E-state index in [-0.39, 0.29) is 5.92 Å². The average molecular weight is 289 g/mol. The summed E-state index contributed by atoms with van der Waals surface area (Å²) in [5, 5.41) is 0. The number of hydrogen-bond acceptors (Lipinski definition) is 2. The molecule has 3 nitrogen and oxygen atoms in total. The predicted molar refractivity (Wildman–Crippen MR) is 85.5 cm³/mol. The highest BCUT2D eigenvalue weighted by molar-refractivity contribution is 5.78. The fourth-order valence-electron chi connectivity index (χ4n) is 3.06. The first-order chi connectivity index (χ1) is 10.1. The highest BCUT2D eigenvalue weighted by Crippen LogP contribution is 2.23. The van der Waals surface area contributed by atoms with E-state index >= 15 is 0 Å². The van der Waals surface area contributed by atoms with Crippen molar-refractivity contribution in [1.29, 1.82) is 0 Å². The lowest BCUT2D eigenvalue weighted by Crippen LogP contribution is -2.42. The van der Waals surface area contributed by atoms with Crippen molar-refractivity contribution in [2.24, 2.45) is 11.8 Å². The van der Waals surface area contributed by atoms with Gasteiger partial charge in [-0.1, -0.05) is 26.0 Å². The van der Waals surface area contributed by atoms with Gasteiger partial charge in [-0.3, -0.25) is 4.79 Å². The third-order valence-electron chi connectivity index (χ3n) is 4.30. The topological polar surface area (TPSA) is 29.5 Å². The van der Waals surface area contributed by atoms with Crippen LogP contribution in [0.2, 0.25) is 0 Å². The van der Waals surface area contributed by atoms with Gasteiger partial charge in [-0.2, -0.15) is 0 Å². The lowest BCUT2D eigenvalue weighted by molar-refractivity contribution is -0.136. The summed E-state index contributed by atoms with van der Waals surface area (Å²) in [4.78, 5) is 14.2. The number of amides is 1. The molecule has 0 aliphatic carbocycles. The number of benzene rings is 1. The van der Waals surface area contributed by atoms with Gasteiger partial charge in [-0.15, -0.1) is 0 Å². The first-order valence-electron chi connectivity index (χ1n) is 8.02. The van der Waals surface area contributed by atoms with E-state index in [1.807, 2.05) is 26.0 Å². The van der Waals surface area contributed by atoms with E-state index in [4.69, 9.17) is 4.74 Å². The van der Waals surface area contributed by atoms with Gasteiger partial charge in [0.05, 0.1) is 7.11 Å². The molecule has 1 amide bonds. The normalized spacial score (nSPS) is 18.9. The van der Waals surface area contributed by atoms with E-state index in [0.29, 0.717) is 11.8 Å².